The van der Waals surface area contributed by atoms with Gasteiger partial charge in [-0.2, -0.15) is 0 Å². The second kappa shape index (κ2) is 6.27. The Balaban J connectivity index is 1.70. The van der Waals surface area contributed by atoms with Crippen molar-refractivity contribution in [3.63, 3.8) is 0 Å². The topological polar surface area (TPSA) is 32.3 Å². The first kappa shape index (κ1) is 15.3. The van der Waals surface area contributed by atoms with Crippen molar-refractivity contribution in [1.82, 2.24) is 5.32 Å². The summed E-state index contributed by atoms with van der Waals surface area (Å²) in [4.78, 5) is 0. The molecule has 0 saturated heterocycles. The lowest BCUT2D eigenvalue weighted by Gasteiger charge is -2.43. The normalized spacial score (nSPS) is 16.3. The molecule has 0 bridgehead atoms. The Hall–Kier alpha value is -1.58. The first-order chi connectivity index (χ1) is 10.6. The standard InChI is InChI=1S/C18H19ClFNO/c19-17-13(5-3-8-16(17)22)11-21-12-18(9-4-10-18)14-6-1-2-7-15(14)20/h1-3,5-8,21-22H,4,9-12H2. The molecule has 4 heteroatoms. The summed E-state index contributed by atoms with van der Waals surface area (Å²) >= 11 is 6.08. The van der Waals surface area contributed by atoms with Crippen molar-refractivity contribution in [2.45, 2.75) is 31.2 Å². The van der Waals surface area contributed by atoms with Crippen molar-refractivity contribution in [2.75, 3.05) is 6.54 Å². The predicted molar refractivity (Wildman–Crippen MR) is 86.8 cm³/mol. The molecule has 22 heavy (non-hydrogen) atoms. The van der Waals surface area contributed by atoms with Crippen LogP contribution in [-0.4, -0.2) is 11.7 Å². The maximum Gasteiger partial charge on any atom is 0.134 e. The summed E-state index contributed by atoms with van der Waals surface area (Å²) in [7, 11) is 0. The highest BCUT2D eigenvalue weighted by Gasteiger charge is 2.39. The number of phenols is 1. The van der Waals surface area contributed by atoms with Crippen LogP contribution < -0.4 is 5.32 Å². The molecule has 0 spiro atoms. The van der Waals surface area contributed by atoms with Crippen molar-refractivity contribution in [1.29, 1.82) is 0 Å². The van der Waals surface area contributed by atoms with Gasteiger partial charge in [0, 0.05) is 18.5 Å². The summed E-state index contributed by atoms with van der Waals surface area (Å²) in [5, 5.41) is 13.4. The minimum atomic E-state index is -0.126. The van der Waals surface area contributed by atoms with Gasteiger partial charge in [0.1, 0.15) is 11.6 Å². The summed E-state index contributed by atoms with van der Waals surface area (Å²) in [6.45, 7) is 1.27. The highest BCUT2D eigenvalue weighted by atomic mass is 35.5. The molecule has 1 fully saturated rings. The molecule has 1 aliphatic rings. The van der Waals surface area contributed by atoms with Gasteiger partial charge in [0.25, 0.3) is 0 Å². The molecule has 2 aromatic rings. The van der Waals surface area contributed by atoms with Crippen LogP contribution in [0.1, 0.15) is 30.4 Å². The van der Waals surface area contributed by atoms with Gasteiger partial charge < -0.3 is 10.4 Å². The maximum absolute atomic E-state index is 14.1. The molecule has 1 aliphatic carbocycles. The SMILES string of the molecule is Oc1cccc(CNCC2(c3ccccc3F)CCC2)c1Cl. The Kier molecular flexibility index (Phi) is 4.37. The second-order valence-corrected chi connectivity index (χ2v) is 6.35. The van der Waals surface area contributed by atoms with E-state index in [0.717, 1.165) is 30.4 Å². The molecule has 2 nitrogen and oxygen atoms in total. The van der Waals surface area contributed by atoms with E-state index >= 15 is 0 Å². The second-order valence-electron chi connectivity index (χ2n) is 5.97. The smallest absolute Gasteiger partial charge is 0.134 e. The van der Waals surface area contributed by atoms with Gasteiger partial charge >= 0.3 is 0 Å². The molecule has 3 rings (SSSR count). The van der Waals surface area contributed by atoms with Gasteiger partial charge in [-0.3, -0.25) is 0 Å². The number of rotatable bonds is 5. The summed E-state index contributed by atoms with van der Waals surface area (Å²) < 4.78 is 14.1. The number of hydrogen-bond donors (Lipinski definition) is 2. The highest BCUT2D eigenvalue weighted by molar-refractivity contribution is 6.32. The van der Waals surface area contributed by atoms with E-state index in [-0.39, 0.29) is 17.0 Å². The Morgan fingerprint density at radius 1 is 1.14 bits per heavy atom. The van der Waals surface area contributed by atoms with E-state index in [0.29, 0.717) is 18.1 Å². The van der Waals surface area contributed by atoms with E-state index in [1.807, 2.05) is 18.2 Å². The number of halogens is 2. The van der Waals surface area contributed by atoms with Gasteiger partial charge in [-0.15, -0.1) is 0 Å². The summed E-state index contributed by atoms with van der Waals surface area (Å²) in [6.07, 6.45) is 3.12. The molecular weight excluding hydrogens is 301 g/mol. The molecule has 2 N–H and O–H groups in total. The third-order valence-electron chi connectivity index (χ3n) is 4.59. The van der Waals surface area contributed by atoms with Crippen molar-refractivity contribution in [3.05, 3.63) is 64.4 Å². The number of phenolic OH excluding ortho intramolecular Hbond substituents is 1. The molecule has 0 heterocycles. The predicted octanol–water partition coefficient (Wildman–Crippen LogP) is 4.40. The van der Waals surface area contributed by atoms with Crippen LogP contribution in [0.5, 0.6) is 5.75 Å². The van der Waals surface area contributed by atoms with Crippen LogP contribution in [0.15, 0.2) is 42.5 Å². The molecule has 116 valence electrons. The first-order valence-corrected chi connectivity index (χ1v) is 7.92. The lowest BCUT2D eigenvalue weighted by molar-refractivity contribution is 0.226. The van der Waals surface area contributed by atoms with Crippen LogP contribution in [0, 0.1) is 5.82 Å². The van der Waals surface area contributed by atoms with Crippen LogP contribution in [0.2, 0.25) is 5.02 Å². The zero-order valence-corrected chi connectivity index (χ0v) is 13.0. The van der Waals surface area contributed by atoms with E-state index in [9.17, 15) is 9.50 Å². The average molecular weight is 320 g/mol. The minimum absolute atomic E-state index is 0.0911. The minimum Gasteiger partial charge on any atom is -0.506 e. The van der Waals surface area contributed by atoms with E-state index in [1.165, 1.54) is 6.07 Å². The van der Waals surface area contributed by atoms with Gasteiger partial charge in [-0.05, 0) is 36.1 Å². The molecule has 0 amide bonds. The fraction of sp³-hybridized carbons (Fsp3) is 0.333. The Morgan fingerprint density at radius 2 is 1.91 bits per heavy atom. The average Bonchev–Trinajstić information content (AvgIpc) is 2.47. The fourth-order valence-corrected chi connectivity index (χ4v) is 3.37. The maximum atomic E-state index is 14.1. The van der Waals surface area contributed by atoms with Gasteiger partial charge in [0.15, 0.2) is 0 Å². The van der Waals surface area contributed by atoms with Crippen LogP contribution in [0.25, 0.3) is 0 Å². The van der Waals surface area contributed by atoms with E-state index in [4.69, 9.17) is 11.6 Å². The van der Waals surface area contributed by atoms with Crippen molar-refractivity contribution < 1.29 is 9.50 Å². The van der Waals surface area contributed by atoms with Crippen molar-refractivity contribution in [2.24, 2.45) is 0 Å². The highest BCUT2D eigenvalue weighted by Crippen LogP contribution is 2.44. The lowest BCUT2D eigenvalue weighted by atomic mass is 9.64. The first-order valence-electron chi connectivity index (χ1n) is 7.54. The molecule has 0 atom stereocenters. The Labute approximate surface area is 134 Å². The number of hydrogen-bond acceptors (Lipinski definition) is 2. The van der Waals surface area contributed by atoms with Gasteiger partial charge in [-0.1, -0.05) is 48.4 Å². The van der Waals surface area contributed by atoms with Crippen molar-refractivity contribution >= 4 is 11.6 Å². The lowest BCUT2D eigenvalue weighted by Crippen LogP contribution is -2.44. The van der Waals surface area contributed by atoms with E-state index in [2.05, 4.69) is 5.32 Å². The largest absolute Gasteiger partial charge is 0.506 e. The summed E-state index contributed by atoms with van der Waals surface area (Å²) in [5.74, 6) is -0.0344. The molecule has 0 aliphatic heterocycles. The Morgan fingerprint density at radius 3 is 2.59 bits per heavy atom. The van der Waals surface area contributed by atoms with Crippen LogP contribution in [0.3, 0.4) is 0 Å². The van der Waals surface area contributed by atoms with Crippen molar-refractivity contribution in [3.8, 4) is 5.75 Å². The third kappa shape index (κ3) is 2.83. The molecular formula is C18H19ClFNO. The van der Waals surface area contributed by atoms with Gasteiger partial charge in [0.05, 0.1) is 5.02 Å². The van der Waals surface area contributed by atoms with Gasteiger partial charge in [0.2, 0.25) is 0 Å². The number of benzene rings is 2. The molecule has 0 radical (unpaired) electrons. The van der Waals surface area contributed by atoms with Gasteiger partial charge in [-0.25, -0.2) is 4.39 Å². The molecule has 1 saturated carbocycles. The van der Waals surface area contributed by atoms with Crippen LogP contribution in [0.4, 0.5) is 4.39 Å². The molecule has 2 aromatic carbocycles. The number of aromatic hydroxyl groups is 1. The monoisotopic (exact) mass is 319 g/mol. The quantitative estimate of drug-likeness (QED) is 0.856. The Bertz CT molecular complexity index is 670. The van der Waals surface area contributed by atoms with Crippen LogP contribution >= 0.6 is 11.6 Å². The summed E-state index contributed by atoms with van der Waals surface area (Å²) in [5.41, 5.74) is 1.54. The summed E-state index contributed by atoms with van der Waals surface area (Å²) in [6, 6.07) is 12.3. The fourth-order valence-electron chi connectivity index (χ4n) is 3.18. The third-order valence-corrected chi connectivity index (χ3v) is 5.03. The number of nitrogens with one attached hydrogen (secondary N) is 1. The van der Waals surface area contributed by atoms with E-state index < -0.39 is 0 Å². The zero-order chi connectivity index (χ0) is 15.6. The van der Waals surface area contributed by atoms with Crippen LogP contribution in [-0.2, 0) is 12.0 Å². The molecule has 0 aromatic heterocycles. The van der Waals surface area contributed by atoms with E-state index in [1.54, 1.807) is 18.2 Å². The molecule has 0 unspecified atom stereocenters. The zero-order valence-electron chi connectivity index (χ0n) is 12.3.